The van der Waals surface area contributed by atoms with Gasteiger partial charge in [0.25, 0.3) is 0 Å². The molecule has 1 fully saturated rings. The van der Waals surface area contributed by atoms with Crippen LogP contribution in [0.4, 0.5) is 0 Å². The molecular weight excluding hydrogens is 180 g/mol. The topological polar surface area (TPSA) is 24.4 Å². The summed E-state index contributed by atoms with van der Waals surface area (Å²) < 4.78 is 0. The van der Waals surface area contributed by atoms with Gasteiger partial charge in [-0.05, 0) is 18.8 Å². The maximum atomic E-state index is 4.58. The smallest absolute Gasteiger partial charge is 0.156 e. The van der Waals surface area contributed by atoms with E-state index in [2.05, 4.69) is 38.0 Å². The summed E-state index contributed by atoms with van der Waals surface area (Å²) in [7, 11) is 0. The van der Waals surface area contributed by atoms with Gasteiger partial charge in [-0.15, -0.1) is 0 Å². The van der Waals surface area contributed by atoms with E-state index >= 15 is 0 Å². The molecule has 1 N–H and O–H groups in total. The first-order chi connectivity index (χ1) is 6.03. The van der Waals surface area contributed by atoms with Crippen molar-refractivity contribution in [2.45, 2.75) is 40.2 Å². The lowest BCUT2D eigenvalue weighted by atomic mass is 9.91. The maximum Gasteiger partial charge on any atom is 0.156 e. The minimum Gasteiger partial charge on any atom is -0.362 e. The minimum atomic E-state index is 0.348. The lowest BCUT2D eigenvalue weighted by Crippen LogP contribution is -2.24. The molecule has 3 heteroatoms. The summed E-state index contributed by atoms with van der Waals surface area (Å²) in [5, 5.41) is 4.50. The Morgan fingerprint density at radius 3 is 2.77 bits per heavy atom. The van der Waals surface area contributed by atoms with Crippen LogP contribution in [0.15, 0.2) is 4.99 Å². The number of rotatable bonds is 3. The average Bonchev–Trinajstić information content (AvgIpc) is 2.48. The fraction of sp³-hybridized carbons (Fsp3) is 0.900. The van der Waals surface area contributed by atoms with Crippen molar-refractivity contribution in [2.24, 2.45) is 10.4 Å². The van der Waals surface area contributed by atoms with Crippen LogP contribution < -0.4 is 5.32 Å². The van der Waals surface area contributed by atoms with Crippen molar-refractivity contribution in [1.82, 2.24) is 5.32 Å². The molecule has 0 aliphatic carbocycles. The van der Waals surface area contributed by atoms with Gasteiger partial charge in [0.2, 0.25) is 0 Å². The molecule has 76 valence electrons. The summed E-state index contributed by atoms with van der Waals surface area (Å²) in [5.74, 6) is 1.16. The SMILES string of the molecule is CCC(C)(C)CN=C1NC(C)CS1. The first kappa shape index (κ1) is 10.9. The van der Waals surface area contributed by atoms with Crippen LogP contribution in [-0.4, -0.2) is 23.5 Å². The lowest BCUT2D eigenvalue weighted by Gasteiger charge is -2.19. The Morgan fingerprint density at radius 1 is 1.62 bits per heavy atom. The number of nitrogens with one attached hydrogen (secondary N) is 1. The zero-order valence-corrected chi connectivity index (χ0v) is 9.87. The van der Waals surface area contributed by atoms with Crippen molar-refractivity contribution in [3.05, 3.63) is 0 Å². The third-order valence-electron chi connectivity index (χ3n) is 2.45. The summed E-state index contributed by atoms with van der Waals surface area (Å²) in [6.45, 7) is 9.88. The number of hydrogen-bond donors (Lipinski definition) is 1. The van der Waals surface area contributed by atoms with E-state index in [9.17, 15) is 0 Å². The Kier molecular flexibility index (Phi) is 3.65. The van der Waals surface area contributed by atoms with Gasteiger partial charge in [0.15, 0.2) is 5.17 Å². The van der Waals surface area contributed by atoms with Gasteiger partial charge in [-0.1, -0.05) is 32.5 Å². The van der Waals surface area contributed by atoms with Gasteiger partial charge in [-0.2, -0.15) is 0 Å². The highest BCUT2D eigenvalue weighted by molar-refractivity contribution is 8.14. The molecule has 1 unspecified atom stereocenters. The van der Waals surface area contributed by atoms with Crippen LogP contribution in [0.5, 0.6) is 0 Å². The molecule has 1 rings (SSSR count). The third-order valence-corrected chi connectivity index (χ3v) is 3.63. The van der Waals surface area contributed by atoms with Gasteiger partial charge < -0.3 is 5.32 Å². The highest BCUT2D eigenvalue weighted by Gasteiger charge is 2.18. The predicted molar refractivity (Wildman–Crippen MR) is 61.4 cm³/mol. The highest BCUT2D eigenvalue weighted by Crippen LogP contribution is 2.21. The van der Waals surface area contributed by atoms with Crippen molar-refractivity contribution in [3.63, 3.8) is 0 Å². The van der Waals surface area contributed by atoms with E-state index in [1.54, 1.807) is 0 Å². The molecule has 0 aromatic rings. The van der Waals surface area contributed by atoms with Crippen molar-refractivity contribution < 1.29 is 0 Å². The van der Waals surface area contributed by atoms with Crippen LogP contribution in [-0.2, 0) is 0 Å². The molecule has 1 saturated heterocycles. The molecule has 13 heavy (non-hydrogen) atoms. The van der Waals surface area contributed by atoms with Gasteiger partial charge in [0.05, 0.1) is 0 Å². The number of nitrogens with zero attached hydrogens (tertiary/aromatic N) is 1. The molecule has 0 aromatic heterocycles. The minimum absolute atomic E-state index is 0.348. The predicted octanol–water partition coefficient (Wildman–Crippen LogP) is 2.50. The highest BCUT2D eigenvalue weighted by atomic mass is 32.2. The molecule has 1 aliphatic heterocycles. The number of hydrogen-bond acceptors (Lipinski definition) is 2. The van der Waals surface area contributed by atoms with E-state index in [0.29, 0.717) is 11.5 Å². The Labute approximate surface area is 85.6 Å². The van der Waals surface area contributed by atoms with E-state index in [-0.39, 0.29) is 0 Å². The van der Waals surface area contributed by atoms with E-state index in [1.165, 1.54) is 6.42 Å². The summed E-state index contributed by atoms with van der Waals surface area (Å²) in [6.07, 6.45) is 1.18. The van der Waals surface area contributed by atoms with Gasteiger partial charge in [0.1, 0.15) is 0 Å². The third kappa shape index (κ3) is 3.59. The normalized spacial score (nSPS) is 26.5. The van der Waals surface area contributed by atoms with Crippen LogP contribution in [0.3, 0.4) is 0 Å². The molecule has 2 nitrogen and oxygen atoms in total. The van der Waals surface area contributed by atoms with E-state index in [4.69, 9.17) is 0 Å². The molecule has 0 radical (unpaired) electrons. The van der Waals surface area contributed by atoms with Crippen LogP contribution in [0.1, 0.15) is 34.1 Å². The van der Waals surface area contributed by atoms with Crippen LogP contribution in [0, 0.1) is 5.41 Å². The molecule has 0 bridgehead atoms. The Morgan fingerprint density at radius 2 is 2.31 bits per heavy atom. The second kappa shape index (κ2) is 4.36. The molecule has 0 spiro atoms. The second-order valence-electron chi connectivity index (χ2n) is 4.50. The van der Waals surface area contributed by atoms with Crippen LogP contribution in [0.25, 0.3) is 0 Å². The molecule has 0 saturated carbocycles. The van der Waals surface area contributed by atoms with Crippen molar-refractivity contribution >= 4 is 16.9 Å². The van der Waals surface area contributed by atoms with E-state index in [0.717, 1.165) is 17.5 Å². The summed E-state index contributed by atoms with van der Waals surface area (Å²) in [6, 6.07) is 0.591. The van der Waals surface area contributed by atoms with Gasteiger partial charge >= 0.3 is 0 Å². The second-order valence-corrected chi connectivity index (χ2v) is 5.50. The first-order valence-corrected chi connectivity index (χ1v) is 5.96. The van der Waals surface area contributed by atoms with Gasteiger partial charge in [-0.3, -0.25) is 4.99 Å². The number of amidine groups is 1. The summed E-state index contributed by atoms with van der Waals surface area (Å²) >= 11 is 1.84. The maximum absolute atomic E-state index is 4.58. The largest absolute Gasteiger partial charge is 0.362 e. The van der Waals surface area contributed by atoms with Crippen LogP contribution in [0.2, 0.25) is 0 Å². The lowest BCUT2D eigenvalue weighted by molar-refractivity contribution is 0.366. The van der Waals surface area contributed by atoms with Crippen molar-refractivity contribution in [2.75, 3.05) is 12.3 Å². The molecule has 0 amide bonds. The van der Waals surface area contributed by atoms with Crippen molar-refractivity contribution in [3.8, 4) is 0 Å². The fourth-order valence-electron chi connectivity index (χ4n) is 0.987. The quantitative estimate of drug-likeness (QED) is 0.757. The molecule has 1 aliphatic rings. The monoisotopic (exact) mass is 200 g/mol. The van der Waals surface area contributed by atoms with Crippen LogP contribution >= 0.6 is 11.8 Å². The van der Waals surface area contributed by atoms with E-state index < -0.39 is 0 Å². The number of thioether (sulfide) groups is 1. The summed E-state index contributed by atoms with van der Waals surface area (Å²) in [4.78, 5) is 4.58. The summed E-state index contributed by atoms with van der Waals surface area (Å²) in [5.41, 5.74) is 0.348. The van der Waals surface area contributed by atoms with Gasteiger partial charge in [0, 0.05) is 18.3 Å². The van der Waals surface area contributed by atoms with E-state index in [1.807, 2.05) is 11.8 Å². The standard InChI is InChI=1S/C10H20N2S/c1-5-10(3,4)7-11-9-12-8(2)6-13-9/h8H,5-7H2,1-4H3,(H,11,12). The van der Waals surface area contributed by atoms with Crippen molar-refractivity contribution in [1.29, 1.82) is 0 Å². The molecule has 0 aromatic carbocycles. The van der Waals surface area contributed by atoms with Gasteiger partial charge in [-0.25, -0.2) is 0 Å². The molecule has 1 heterocycles. The number of aliphatic imine (C=N–C) groups is 1. The average molecular weight is 200 g/mol. The zero-order chi connectivity index (χ0) is 9.90. The Balaban J connectivity index is 2.40. The molecule has 1 atom stereocenters. The zero-order valence-electron chi connectivity index (χ0n) is 9.05. The first-order valence-electron chi connectivity index (χ1n) is 4.97. The molecular formula is C10H20N2S. The Hall–Kier alpha value is -0.180. The Bertz CT molecular complexity index is 199. The fourth-order valence-corrected chi connectivity index (χ4v) is 1.92.